The highest BCUT2D eigenvalue weighted by Gasteiger charge is 2.22. The van der Waals surface area contributed by atoms with Gasteiger partial charge in [-0.05, 0) is 34.1 Å². The van der Waals surface area contributed by atoms with Crippen LogP contribution in [0.15, 0.2) is 33.4 Å². The summed E-state index contributed by atoms with van der Waals surface area (Å²) < 4.78 is 17.0. The van der Waals surface area contributed by atoms with Crippen molar-refractivity contribution >= 4 is 21.7 Å². The van der Waals surface area contributed by atoms with Crippen molar-refractivity contribution in [2.75, 3.05) is 13.2 Å². The van der Waals surface area contributed by atoms with Crippen LogP contribution in [0.1, 0.15) is 28.6 Å². The maximum atomic E-state index is 12.6. The second kappa shape index (κ2) is 5.32. The minimum absolute atomic E-state index is 0.0838. The minimum Gasteiger partial charge on any atom is -0.486 e. The molecule has 0 saturated carbocycles. The predicted octanol–water partition coefficient (Wildman–Crippen LogP) is 3.61. The second-order valence-electron chi connectivity index (χ2n) is 4.42. The first-order valence-corrected chi connectivity index (χ1v) is 7.20. The lowest BCUT2D eigenvalue weighted by Gasteiger charge is -2.19. The van der Waals surface area contributed by atoms with E-state index in [1.165, 1.54) is 6.26 Å². The van der Waals surface area contributed by atoms with Crippen molar-refractivity contribution in [1.29, 1.82) is 0 Å². The lowest BCUT2D eigenvalue weighted by atomic mass is 10.0. The maximum Gasteiger partial charge on any atom is 0.197 e. The number of hydrogen-bond acceptors (Lipinski definition) is 4. The van der Waals surface area contributed by atoms with Gasteiger partial charge < -0.3 is 13.9 Å². The van der Waals surface area contributed by atoms with Gasteiger partial charge in [0.2, 0.25) is 0 Å². The molecule has 5 heteroatoms. The third kappa shape index (κ3) is 2.22. The van der Waals surface area contributed by atoms with Gasteiger partial charge in [-0.3, -0.25) is 4.79 Å². The molecule has 104 valence electrons. The molecule has 1 aliphatic rings. The van der Waals surface area contributed by atoms with Gasteiger partial charge in [0.25, 0.3) is 0 Å². The molecule has 3 rings (SSSR count). The summed E-state index contributed by atoms with van der Waals surface area (Å²) >= 11 is 3.42. The summed E-state index contributed by atoms with van der Waals surface area (Å²) in [5.41, 5.74) is 1.13. The SMILES string of the molecule is CCc1occc1C(=O)c1cc2c(cc1Br)OCCO2. The first-order valence-electron chi connectivity index (χ1n) is 6.41. The molecule has 1 aliphatic heterocycles. The van der Waals surface area contributed by atoms with Gasteiger partial charge in [0.05, 0.1) is 11.8 Å². The molecule has 0 radical (unpaired) electrons. The third-order valence-corrected chi connectivity index (χ3v) is 3.84. The van der Waals surface area contributed by atoms with Crippen LogP contribution >= 0.6 is 15.9 Å². The number of fused-ring (bicyclic) bond motifs is 1. The van der Waals surface area contributed by atoms with Crippen LogP contribution in [-0.2, 0) is 6.42 Å². The standard InChI is InChI=1S/C15H13BrO4/c1-2-12-9(3-4-18-12)15(17)10-7-13-14(8-11(10)16)20-6-5-19-13/h3-4,7-8H,2,5-6H2,1H3. The third-order valence-electron chi connectivity index (χ3n) is 3.19. The van der Waals surface area contributed by atoms with Crippen molar-refractivity contribution in [3.05, 3.63) is 45.8 Å². The number of ether oxygens (including phenoxy) is 2. The van der Waals surface area contributed by atoms with E-state index in [0.717, 1.165) is 0 Å². The van der Waals surface area contributed by atoms with Gasteiger partial charge in [0, 0.05) is 16.5 Å². The number of carbonyl (C=O) groups excluding carboxylic acids is 1. The molecule has 1 aromatic heterocycles. The summed E-state index contributed by atoms with van der Waals surface area (Å²) in [6, 6.07) is 5.19. The van der Waals surface area contributed by atoms with Gasteiger partial charge in [0.15, 0.2) is 17.3 Å². The van der Waals surface area contributed by atoms with Crippen LogP contribution < -0.4 is 9.47 Å². The number of hydrogen-bond donors (Lipinski definition) is 0. The maximum absolute atomic E-state index is 12.6. The molecule has 0 N–H and O–H groups in total. The molecule has 2 heterocycles. The van der Waals surface area contributed by atoms with Gasteiger partial charge >= 0.3 is 0 Å². The zero-order chi connectivity index (χ0) is 14.1. The van der Waals surface area contributed by atoms with Crippen LogP contribution in [0.2, 0.25) is 0 Å². The number of rotatable bonds is 3. The highest BCUT2D eigenvalue weighted by atomic mass is 79.9. The van der Waals surface area contributed by atoms with Gasteiger partial charge in [-0.2, -0.15) is 0 Å². The predicted molar refractivity (Wildman–Crippen MR) is 76.7 cm³/mol. The van der Waals surface area contributed by atoms with Crippen molar-refractivity contribution in [3.8, 4) is 11.5 Å². The number of benzene rings is 1. The van der Waals surface area contributed by atoms with E-state index in [-0.39, 0.29) is 5.78 Å². The van der Waals surface area contributed by atoms with E-state index in [1.54, 1.807) is 18.2 Å². The molecule has 4 nitrogen and oxygen atoms in total. The Morgan fingerprint density at radius 1 is 1.20 bits per heavy atom. The number of furan rings is 1. The van der Waals surface area contributed by atoms with E-state index in [9.17, 15) is 4.79 Å². The largest absolute Gasteiger partial charge is 0.486 e. The van der Waals surface area contributed by atoms with Crippen molar-refractivity contribution in [2.45, 2.75) is 13.3 Å². The highest BCUT2D eigenvalue weighted by Crippen LogP contribution is 2.36. The Morgan fingerprint density at radius 3 is 2.60 bits per heavy atom. The normalized spacial score (nSPS) is 13.3. The molecular formula is C15H13BrO4. The van der Waals surface area contributed by atoms with Crippen LogP contribution in [0.5, 0.6) is 11.5 Å². The van der Waals surface area contributed by atoms with Crippen LogP contribution in [0.4, 0.5) is 0 Å². The van der Waals surface area contributed by atoms with Gasteiger partial charge in [0.1, 0.15) is 19.0 Å². The second-order valence-corrected chi connectivity index (χ2v) is 5.27. The summed E-state index contributed by atoms with van der Waals surface area (Å²) in [5.74, 6) is 1.86. The van der Waals surface area contributed by atoms with Gasteiger partial charge in [-0.1, -0.05) is 6.92 Å². The molecule has 0 aliphatic carbocycles. The summed E-state index contributed by atoms with van der Waals surface area (Å²) in [4.78, 5) is 12.6. The number of halogens is 1. The van der Waals surface area contributed by atoms with Crippen LogP contribution in [0.25, 0.3) is 0 Å². The molecule has 0 saturated heterocycles. The van der Waals surface area contributed by atoms with Crippen molar-refractivity contribution in [3.63, 3.8) is 0 Å². The molecule has 0 spiro atoms. The Hall–Kier alpha value is -1.75. The van der Waals surface area contributed by atoms with Crippen LogP contribution in [0.3, 0.4) is 0 Å². The van der Waals surface area contributed by atoms with E-state index in [1.807, 2.05) is 6.92 Å². The van der Waals surface area contributed by atoms with Crippen LogP contribution in [0, 0.1) is 0 Å². The van der Waals surface area contributed by atoms with Crippen molar-refractivity contribution in [1.82, 2.24) is 0 Å². The smallest absolute Gasteiger partial charge is 0.197 e. The first kappa shape index (κ1) is 13.2. The lowest BCUT2D eigenvalue weighted by molar-refractivity contribution is 0.103. The summed E-state index contributed by atoms with van der Waals surface area (Å²) in [7, 11) is 0. The van der Waals surface area contributed by atoms with Crippen molar-refractivity contribution < 1.29 is 18.7 Å². The molecular weight excluding hydrogens is 324 g/mol. The molecule has 1 aromatic carbocycles. The van der Waals surface area contributed by atoms with E-state index < -0.39 is 0 Å². The van der Waals surface area contributed by atoms with E-state index in [0.29, 0.717) is 52.5 Å². The zero-order valence-corrected chi connectivity index (χ0v) is 12.5. The van der Waals surface area contributed by atoms with Crippen LogP contribution in [-0.4, -0.2) is 19.0 Å². The Morgan fingerprint density at radius 2 is 1.90 bits per heavy atom. The molecule has 0 unspecified atom stereocenters. The fourth-order valence-corrected chi connectivity index (χ4v) is 2.70. The number of ketones is 1. The number of carbonyl (C=O) groups is 1. The summed E-state index contributed by atoms with van der Waals surface area (Å²) in [5, 5.41) is 0. The van der Waals surface area contributed by atoms with Gasteiger partial charge in [-0.25, -0.2) is 0 Å². The Balaban J connectivity index is 2.03. The fourth-order valence-electron chi connectivity index (χ4n) is 2.20. The van der Waals surface area contributed by atoms with E-state index >= 15 is 0 Å². The highest BCUT2D eigenvalue weighted by molar-refractivity contribution is 9.10. The molecule has 0 amide bonds. The quantitative estimate of drug-likeness (QED) is 0.803. The van der Waals surface area contributed by atoms with E-state index in [4.69, 9.17) is 13.9 Å². The fraction of sp³-hybridized carbons (Fsp3) is 0.267. The molecule has 0 bridgehead atoms. The Labute approximate surface area is 124 Å². The monoisotopic (exact) mass is 336 g/mol. The summed E-state index contributed by atoms with van der Waals surface area (Å²) in [6.45, 7) is 2.97. The molecule has 2 aromatic rings. The Bertz CT molecular complexity index is 660. The number of aryl methyl sites for hydroxylation is 1. The molecule has 20 heavy (non-hydrogen) atoms. The first-order chi connectivity index (χ1) is 9.70. The zero-order valence-electron chi connectivity index (χ0n) is 10.9. The Kier molecular flexibility index (Phi) is 3.53. The summed E-state index contributed by atoms with van der Waals surface area (Å²) in [6.07, 6.45) is 2.22. The average Bonchev–Trinajstić information content (AvgIpc) is 2.94. The lowest BCUT2D eigenvalue weighted by Crippen LogP contribution is -2.16. The minimum atomic E-state index is -0.0838. The average molecular weight is 337 g/mol. The van der Waals surface area contributed by atoms with Crippen molar-refractivity contribution in [2.24, 2.45) is 0 Å². The topological polar surface area (TPSA) is 48.7 Å². The van der Waals surface area contributed by atoms with Gasteiger partial charge in [-0.15, -0.1) is 0 Å². The van der Waals surface area contributed by atoms with E-state index in [2.05, 4.69) is 15.9 Å². The molecule has 0 atom stereocenters. The molecule has 0 fully saturated rings.